The van der Waals surface area contributed by atoms with E-state index < -0.39 is 5.97 Å². The van der Waals surface area contributed by atoms with E-state index in [1.165, 1.54) is 0 Å². The predicted molar refractivity (Wildman–Crippen MR) is 60.2 cm³/mol. The number of carboxylic acid groups (broad SMARTS) is 1. The van der Waals surface area contributed by atoms with Crippen LogP contribution in [-0.4, -0.2) is 36.0 Å². The van der Waals surface area contributed by atoms with Crippen molar-refractivity contribution in [2.75, 3.05) is 13.1 Å². The summed E-state index contributed by atoms with van der Waals surface area (Å²) in [7, 11) is 0. The Morgan fingerprint density at radius 3 is 2.35 bits per heavy atom. The SMILES string of the molecule is O=C(O)CNC(=O)CCNC(=O)C1CCCC1. The number of amides is 2. The van der Waals surface area contributed by atoms with Crippen LogP contribution < -0.4 is 10.6 Å². The lowest BCUT2D eigenvalue weighted by Gasteiger charge is -2.09. The molecule has 2 amide bonds. The first-order valence-electron chi connectivity index (χ1n) is 5.86. The van der Waals surface area contributed by atoms with Crippen molar-refractivity contribution in [3.05, 3.63) is 0 Å². The van der Waals surface area contributed by atoms with Gasteiger partial charge in [0.05, 0.1) is 0 Å². The van der Waals surface area contributed by atoms with Crippen molar-refractivity contribution in [2.24, 2.45) is 5.92 Å². The summed E-state index contributed by atoms with van der Waals surface area (Å²) in [4.78, 5) is 32.9. The molecule has 1 saturated carbocycles. The van der Waals surface area contributed by atoms with E-state index in [1.54, 1.807) is 0 Å². The lowest BCUT2D eigenvalue weighted by atomic mass is 10.1. The molecule has 1 aliphatic rings. The second kappa shape index (κ2) is 6.88. The van der Waals surface area contributed by atoms with E-state index in [0.717, 1.165) is 25.7 Å². The maximum Gasteiger partial charge on any atom is 0.322 e. The van der Waals surface area contributed by atoms with Crippen LogP contribution in [0.2, 0.25) is 0 Å². The van der Waals surface area contributed by atoms with Gasteiger partial charge < -0.3 is 15.7 Å². The molecule has 0 aromatic carbocycles. The highest BCUT2D eigenvalue weighted by atomic mass is 16.4. The summed E-state index contributed by atoms with van der Waals surface area (Å²) in [5.41, 5.74) is 0. The number of hydrogen-bond donors (Lipinski definition) is 3. The van der Waals surface area contributed by atoms with Crippen LogP contribution in [0.1, 0.15) is 32.1 Å². The highest BCUT2D eigenvalue weighted by Gasteiger charge is 2.22. The number of carbonyl (C=O) groups excluding carboxylic acids is 2. The maximum absolute atomic E-state index is 11.6. The molecule has 96 valence electrons. The minimum Gasteiger partial charge on any atom is -0.480 e. The van der Waals surface area contributed by atoms with E-state index in [9.17, 15) is 14.4 Å². The highest BCUT2D eigenvalue weighted by Crippen LogP contribution is 2.24. The summed E-state index contributed by atoms with van der Waals surface area (Å²) in [6.07, 6.45) is 4.16. The summed E-state index contributed by atoms with van der Waals surface area (Å²) >= 11 is 0. The molecule has 0 unspecified atom stereocenters. The Kier molecular flexibility index (Phi) is 5.45. The molecular formula is C11H18N2O4. The van der Waals surface area contributed by atoms with Crippen molar-refractivity contribution in [2.45, 2.75) is 32.1 Å². The maximum atomic E-state index is 11.6. The molecule has 0 radical (unpaired) electrons. The summed E-state index contributed by atoms with van der Waals surface area (Å²) < 4.78 is 0. The van der Waals surface area contributed by atoms with Gasteiger partial charge in [-0.05, 0) is 12.8 Å². The Balaban J connectivity index is 2.08. The topological polar surface area (TPSA) is 95.5 Å². The van der Waals surface area contributed by atoms with Gasteiger partial charge in [-0.1, -0.05) is 12.8 Å². The van der Waals surface area contributed by atoms with Crippen LogP contribution in [0.25, 0.3) is 0 Å². The first-order valence-corrected chi connectivity index (χ1v) is 5.86. The molecule has 6 heteroatoms. The Morgan fingerprint density at radius 2 is 1.76 bits per heavy atom. The normalized spacial score (nSPS) is 15.5. The van der Waals surface area contributed by atoms with E-state index in [-0.39, 0.29) is 37.2 Å². The van der Waals surface area contributed by atoms with Gasteiger partial charge in [-0.25, -0.2) is 0 Å². The molecule has 0 saturated heterocycles. The molecule has 0 heterocycles. The van der Waals surface area contributed by atoms with Crippen molar-refractivity contribution in [3.8, 4) is 0 Å². The summed E-state index contributed by atoms with van der Waals surface area (Å²) in [5.74, 6) is -1.34. The molecule has 17 heavy (non-hydrogen) atoms. The molecular weight excluding hydrogens is 224 g/mol. The van der Waals surface area contributed by atoms with E-state index in [0.29, 0.717) is 0 Å². The number of rotatable bonds is 6. The lowest BCUT2D eigenvalue weighted by Crippen LogP contribution is -2.35. The minimum atomic E-state index is -1.08. The predicted octanol–water partition coefficient (Wildman–Crippen LogP) is -0.116. The smallest absolute Gasteiger partial charge is 0.322 e. The zero-order valence-corrected chi connectivity index (χ0v) is 9.70. The van der Waals surface area contributed by atoms with Gasteiger partial charge >= 0.3 is 5.97 Å². The molecule has 0 aromatic heterocycles. The van der Waals surface area contributed by atoms with E-state index in [4.69, 9.17) is 5.11 Å². The Morgan fingerprint density at radius 1 is 1.12 bits per heavy atom. The van der Waals surface area contributed by atoms with E-state index in [1.807, 2.05) is 0 Å². The van der Waals surface area contributed by atoms with Gasteiger partial charge in [-0.3, -0.25) is 14.4 Å². The summed E-state index contributed by atoms with van der Waals surface area (Å²) in [5, 5.41) is 13.3. The van der Waals surface area contributed by atoms with Gasteiger partial charge in [0.2, 0.25) is 11.8 Å². The summed E-state index contributed by atoms with van der Waals surface area (Å²) in [6.45, 7) is -0.115. The van der Waals surface area contributed by atoms with Crippen LogP contribution in [0.3, 0.4) is 0 Å². The third-order valence-corrected chi connectivity index (χ3v) is 2.81. The fraction of sp³-hybridized carbons (Fsp3) is 0.727. The number of aliphatic carboxylic acids is 1. The minimum absolute atomic E-state index is 0.00790. The Bertz CT molecular complexity index is 298. The second-order valence-corrected chi connectivity index (χ2v) is 4.19. The average molecular weight is 242 g/mol. The van der Waals surface area contributed by atoms with Crippen molar-refractivity contribution < 1.29 is 19.5 Å². The molecule has 0 bridgehead atoms. The first kappa shape index (κ1) is 13.5. The molecule has 0 aliphatic heterocycles. The van der Waals surface area contributed by atoms with Crippen LogP contribution in [0.5, 0.6) is 0 Å². The molecule has 1 aliphatic carbocycles. The number of carboxylic acids is 1. The second-order valence-electron chi connectivity index (χ2n) is 4.19. The van der Waals surface area contributed by atoms with Gasteiger partial charge in [0, 0.05) is 18.9 Å². The molecule has 3 N–H and O–H groups in total. The zero-order chi connectivity index (χ0) is 12.7. The van der Waals surface area contributed by atoms with Crippen molar-refractivity contribution in [1.29, 1.82) is 0 Å². The van der Waals surface area contributed by atoms with Crippen LogP contribution in [-0.2, 0) is 14.4 Å². The zero-order valence-electron chi connectivity index (χ0n) is 9.70. The van der Waals surface area contributed by atoms with Crippen LogP contribution in [0, 0.1) is 5.92 Å². The average Bonchev–Trinajstić information content (AvgIpc) is 2.79. The molecule has 1 fully saturated rings. The van der Waals surface area contributed by atoms with Gasteiger partial charge in [-0.2, -0.15) is 0 Å². The number of hydrogen-bond acceptors (Lipinski definition) is 3. The Labute approximate surface area is 99.8 Å². The molecule has 0 aromatic rings. The van der Waals surface area contributed by atoms with Gasteiger partial charge in [0.15, 0.2) is 0 Å². The fourth-order valence-electron chi connectivity index (χ4n) is 1.89. The van der Waals surface area contributed by atoms with Crippen LogP contribution >= 0.6 is 0 Å². The molecule has 1 rings (SSSR count). The van der Waals surface area contributed by atoms with Crippen molar-refractivity contribution >= 4 is 17.8 Å². The third-order valence-electron chi connectivity index (χ3n) is 2.81. The monoisotopic (exact) mass is 242 g/mol. The standard InChI is InChI=1S/C11H18N2O4/c14-9(13-7-10(15)16)5-6-12-11(17)8-3-1-2-4-8/h8H,1-7H2,(H,12,17)(H,13,14)(H,15,16). The van der Waals surface area contributed by atoms with Crippen LogP contribution in [0.4, 0.5) is 0 Å². The van der Waals surface area contributed by atoms with Crippen LogP contribution in [0.15, 0.2) is 0 Å². The van der Waals surface area contributed by atoms with E-state index in [2.05, 4.69) is 10.6 Å². The van der Waals surface area contributed by atoms with Gasteiger partial charge in [0.1, 0.15) is 6.54 Å². The number of nitrogens with one attached hydrogen (secondary N) is 2. The molecule has 0 spiro atoms. The van der Waals surface area contributed by atoms with E-state index >= 15 is 0 Å². The molecule has 0 atom stereocenters. The largest absolute Gasteiger partial charge is 0.480 e. The lowest BCUT2D eigenvalue weighted by molar-refractivity contribution is -0.138. The first-order chi connectivity index (χ1) is 8.09. The van der Waals surface area contributed by atoms with Crippen molar-refractivity contribution in [1.82, 2.24) is 10.6 Å². The Hall–Kier alpha value is -1.59. The quantitative estimate of drug-likeness (QED) is 0.605. The summed E-state index contributed by atoms with van der Waals surface area (Å²) in [6, 6.07) is 0. The van der Waals surface area contributed by atoms with Crippen molar-refractivity contribution in [3.63, 3.8) is 0 Å². The fourth-order valence-corrected chi connectivity index (χ4v) is 1.89. The highest BCUT2D eigenvalue weighted by molar-refractivity contribution is 5.82. The van der Waals surface area contributed by atoms with Gasteiger partial charge in [-0.15, -0.1) is 0 Å². The number of carbonyl (C=O) groups is 3. The molecule has 6 nitrogen and oxygen atoms in total. The van der Waals surface area contributed by atoms with Gasteiger partial charge in [0.25, 0.3) is 0 Å². The third kappa shape index (κ3) is 5.33.